The molecule has 5 nitrogen and oxygen atoms in total. The number of nitrogens with zero attached hydrogens (tertiary/aromatic N) is 1. The van der Waals surface area contributed by atoms with Crippen molar-refractivity contribution in [3.05, 3.63) is 47.0 Å². The van der Waals surface area contributed by atoms with Gasteiger partial charge in [-0.2, -0.15) is 0 Å². The maximum absolute atomic E-state index is 12.7. The van der Waals surface area contributed by atoms with Gasteiger partial charge in [0.2, 0.25) is 0 Å². The molecule has 6 rings (SSSR count). The van der Waals surface area contributed by atoms with E-state index in [9.17, 15) is 9.90 Å². The Morgan fingerprint density at radius 1 is 1.19 bits per heavy atom. The number of amides is 1. The van der Waals surface area contributed by atoms with Crippen molar-refractivity contribution in [3.63, 3.8) is 0 Å². The molecule has 4 aliphatic rings. The van der Waals surface area contributed by atoms with Crippen molar-refractivity contribution in [2.75, 3.05) is 5.32 Å². The summed E-state index contributed by atoms with van der Waals surface area (Å²) < 4.78 is 0. The topological polar surface area (TPSA) is 74.2 Å². The number of aliphatic hydroxyl groups is 1. The van der Waals surface area contributed by atoms with Crippen LogP contribution in [0.2, 0.25) is 0 Å². The molecule has 1 aromatic heterocycles. The van der Waals surface area contributed by atoms with E-state index in [0.29, 0.717) is 30.0 Å². The second kappa shape index (κ2) is 6.60. The van der Waals surface area contributed by atoms with Crippen LogP contribution in [0.1, 0.15) is 48.2 Å². The summed E-state index contributed by atoms with van der Waals surface area (Å²) in [6.45, 7) is 0.697. The summed E-state index contributed by atoms with van der Waals surface area (Å²) in [4.78, 5) is 17.2. The van der Waals surface area contributed by atoms with Crippen LogP contribution in [0.3, 0.4) is 0 Å². The van der Waals surface area contributed by atoms with E-state index in [-0.39, 0.29) is 11.9 Å². The second-order valence-electron chi connectivity index (χ2n) is 8.57. The number of thiazole rings is 1. The number of carbonyl (C=O) groups excluding carboxylic acids is 1. The lowest BCUT2D eigenvalue weighted by Gasteiger charge is -2.58. The number of rotatable bonds is 5. The van der Waals surface area contributed by atoms with Gasteiger partial charge < -0.3 is 15.7 Å². The molecule has 4 saturated carbocycles. The SMILES string of the molecule is O=C(N[C@H]1C2CC3CC1C[C@](O)(C3)C2)c1csc(NCc2ccccc2)n1. The van der Waals surface area contributed by atoms with Crippen LogP contribution < -0.4 is 10.6 Å². The molecule has 4 fully saturated rings. The summed E-state index contributed by atoms with van der Waals surface area (Å²) in [6.07, 6.45) is 4.93. The molecule has 1 heterocycles. The monoisotopic (exact) mass is 383 g/mol. The zero-order valence-corrected chi connectivity index (χ0v) is 16.0. The average molecular weight is 384 g/mol. The molecule has 6 heteroatoms. The first-order chi connectivity index (χ1) is 13.1. The lowest BCUT2D eigenvalue weighted by atomic mass is 9.52. The molecule has 3 N–H and O–H groups in total. The molecular formula is C21H25N3O2S. The standard InChI is InChI=1S/C21H25N3O2S/c25-19(17-12-27-20(23-17)22-11-13-4-2-1-3-5-13)24-18-15-6-14-7-16(18)10-21(26,8-14)9-15/h1-5,12,14-16,18,26H,6-11H2,(H,22,23)(H,24,25)/t14?,15?,16?,18-,21-. The Bertz CT molecular complexity index is 821. The molecule has 27 heavy (non-hydrogen) atoms. The van der Waals surface area contributed by atoms with Gasteiger partial charge in [0.15, 0.2) is 5.13 Å². The van der Waals surface area contributed by atoms with Crippen LogP contribution in [0.5, 0.6) is 0 Å². The van der Waals surface area contributed by atoms with Gasteiger partial charge in [-0.05, 0) is 55.4 Å². The van der Waals surface area contributed by atoms with Crippen molar-refractivity contribution in [1.82, 2.24) is 10.3 Å². The predicted octanol–water partition coefficient (Wildman–Crippen LogP) is 3.42. The molecule has 1 amide bonds. The second-order valence-corrected chi connectivity index (χ2v) is 9.43. The van der Waals surface area contributed by atoms with Crippen molar-refractivity contribution in [2.24, 2.45) is 17.8 Å². The maximum Gasteiger partial charge on any atom is 0.271 e. The molecule has 0 spiro atoms. The Morgan fingerprint density at radius 2 is 1.93 bits per heavy atom. The first-order valence-corrected chi connectivity index (χ1v) is 10.7. The van der Waals surface area contributed by atoms with E-state index in [1.54, 1.807) is 0 Å². The van der Waals surface area contributed by atoms with Crippen molar-refractivity contribution in [2.45, 2.75) is 50.3 Å². The molecule has 2 unspecified atom stereocenters. The summed E-state index contributed by atoms with van der Waals surface area (Å²) in [5.74, 6) is 1.40. The van der Waals surface area contributed by atoms with Gasteiger partial charge in [0.25, 0.3) is 5.91 Å². The van der Waals surface area contributed by atoms with E-state index in [0.717, 1.165) is 37.2 Å². The highest BCUT2D eigenvalue weighted by atomic mass is 32.1. The van der Waals surface area contributed by atoms with E-state index in [1.165, 1.54) is 16.9 Å². The number of carbonyl (C=O) groups is 1. The minimum absolute atomic E-state index is 0.0801. The third-order valence-electron chi connectivity index (χ3n) is 6.56. The molecule has 2 atom stereocenters. The Hall–Kier alpha value is -1.92. The highest BCUT2D eigenvalue weighted by molar-refractivity contribution is 7.13. The summed E-state index contributed by atoms with van der Waals surface area (Å²) in [5, 5.41) is 19.8. The summed E-state index contributed by atoms with van der Waals surface area (Å²) in [7, 11) is 0. The molecule has 1 aromatic carbocycles. The fraction of sp³-hybridized carbons (Fsp3) is 0.524. The Kier molecular flexibility index (Phi) is 4.20. The van der Waals surface area contributed by atoms with Crippen LogP contribution in [0, 0.1) is 17.8 Å². The highest BCUT2D eigenvalue weighted by Gasteiger charge is 2.55. The number of aromatic nitrogens is 1. The van der Waals surface area contributed by atoms with Crippen molar-refractivity contribution < 1.29 is 9.90 Å². The van der Waals surface area contributed by atoms with Crippen LogP contribution in [0.15, 0.2) is 35.7 Å². The van der Waals surface area contributed by atoms with Crippen LogP contribution in [0.4, 0.5) is 5.13 Å². The summed E-state index contributed by atoms with van der Waals surface area (Å²) in [5.41, 5.74) is 1.21. The molecule has 0 saturated heterocycles. The van der Waals surface area contributed by atoms with Gasteiger partial charge in [0, 0.05) is 18.0 Å². The average Bonchev–Trinajstić information content (AvgIpc) is 3.12. The number of benzene rings is 1. The zero-order chi connectivity index (χ0) is 18.4. The van der Waals surface area contributed by atoms with Crippen molar-refractivity contribution >= 4 is 22.4 Å². The van der Waals surface area contributed by atoms with Gasteiger partial charge in [0.1, 0.15) is 5.69 Å². The normalized spacial score (nSPS) is 33.8. The first kappa shape index (κ1) is 17.2. The van der Waals surface area contributed by atoms with E-state index in [1.807, 2.05) is 23.6 Å². The number of nitrogens with one attached hydrogen (secondary N) is 2. The van der Waals surface area contributed by atoms with Gasteiger partial charge in [-0.3, -0.25) is 4.79 Å². The van der Waals surface area contributed by atoms with Crippen molar-refractivity contribution in [3.8, 4) is 0 Å². The number of hydrogen-bond acceptors (Lipinski definition) is 5. The van der Waals surface area contributed by atoms with Gasteiger partial charge in [-0.25, -0.2) is 4.98 Å². The van der Waals surface area contributed by atoms with Gasteiger partial charge in [-0.15, -0.1) is 11.3 Å². The third kappa shape index (κ3) is 3.36. The van der Waals surface area contributed by atoms with Crippen LogP contribution in [0.25, 0.3) is 0 Å². The highest BCUT2D eigenvalue weighted by Crippen LogP contribution is 2.55. The maximum atomic E-state index is 12.7. The van der Waals surface area contributed by atoms with E-state index < -0.39 is 5.60 Å². The quantitative estimate of drug-likeness (QED) is 0.740. The fourth-order valence-corrected chi connectivity index (χ4v) is 6.36. The zero-order valence-electron chi connectivity index (χ0n) is 15.2. The lowest BCUT2D eigenvalue weighted by molar-refractivity contribution is -0.136. The largest absolute Gasteiger partial charge is 0.390 e. The molecule has 0 radical (unpaired) electrons. The fourth-order valence-electron chi connectivity index (χ4n) is 5.68. The molecule has 4 bridgehead atoms. The smallest absolute Gasteiger partial charge is 0.271 e. The van der Waals surface area contributed by atoms with Crippen LogP contribution >= 0.6 is 11.3 Å². The van der Waals surface area contributed by atoms with E-state index >= 15 is 0 Å². The minimum atomic E-state index is -0.465. The molecule has 2 aromatic rings. The first-order valence-electron chi connectivity index (χ1n) is 9.84. The summed E-state index contributed by atoms with van der Waals surface area (Å²) in [6, 6.07) is 10.3. The number of hydrogen-bond donors (Lipinski definition) is 3. The lowest BCUT2D eigenvalue weighted by Crippen LogP contribution is -2.61. The molecule has 0 aliphatic heterocycles. The van der Waals surface area contributed by atoms with Gasteiger partial charge >= 0.3 is 0 Å². The molecule has 142 valence electrons. The van der Waals surface area contributed by atoms with E-state index in [2.05, 4.69) is 27.8 Å². The van der Waals surface area contributed by atoms with Crippen LogP contribution in [-0.4, -0.2) is 27.6 Å². The Labute approximate surface area is 163 Å². The van der Waals surface area contributed by atoms with E-state index in [4.69, 9.17) is 0 Å². The van der Waals surface area contributed by atoms with Crippen LogP contribution in [-0.2, 0) is 6.54 Å². The van der Waals surface area contributed by atoms with Crippen molar-refractivity contribution in [1.29, 1.82) is 0 Å². The van der Waals surface area contributed by atoms with Gasteiger partial charge in [0.05, 0.1) is 5.60 Å². The minimum Gasteiger partial charge on any atom is -0.390 e. The molecular weight excluding hydrogens is 358 g/mol. The van der Waals surface area contributed by atoms with Gasteiger partial charge in [-0.1, -0.05) is 30.3 Å². The number of anilines is 1. The third-order valence-corrected chi connectivity index (χ3v) is 7.36. The predicted molar refractivity (Wildman–Crippen MR) is 106 cm³/mol. The Balaban J connectivity index is 1.21. The molecule has 4 aliphatic carbocycles. The summed E-state index contributed by atoms with van der Waals surface area (Å²) >= 11 is 1.46. The Morgan fingerprint density at radius 3 is 2.63 bits per heavy atom.